The minimum absolute atomic E-state index is 0.166. The lowest BCUT2D eigenvalue weighted by molar-refractivity contribution is 0.654. The van der Waals surface area contributed by atoms with Crippen molar-refractivity contribution in [2.45, 2.75) is 20.0 Å². The summed E-state index contributed by atoms with van der Waals surface area (Å²) in [6.07, 6.45) is 0. The fourth-order valence-corrected chi connectivity index (χ4v) is 3.06. The number of rotatable bonds is 2. The van der Waals surface area contributed by atoms with Crippen LogP contribution in [-0.4, -0.2) is 24.4 Å². The quantitative estimate of drug-likeness (QED) is 0.750. The highest BCUT2D eigenvalue weighted by Crippen LogP contribution is 2.18. The molecule has 0 saturated carbocycles. The zero-order valence-electron chi connectivity index (χ0n) is 13.7. The van der Waals surface area contributed by atoms with Crippen molar-refractivity contribution < 1.29 is 0 Å². The third kappa shape index (κ3) is 2.45. The first-order chi connectivity index (χ1) is 12.0. The minimum atomic E-state index is -0.416. The van der Waals surface area contributed by atoms with E-state index in [-0.39, 0.29) is 12.1 Å². The Bertz CT molecular complexity index is 1140. The number of fused-ring (bicyclic) bond motifs is 3. The summed E-state index contributed by atoms with van der Waals surface area (Å²) in [5.74, 6) is 0.456. The standard InChI is InChI=1S/C16H15ClN6O2/c1-9-7-22-12-13(18-15(22)20-19-9)21(2)16(25)23(14(12)24)8-10-3-5-11(17)6-4-10/h3-6H,7-8H2,1-2H3,(H,18,20). The summed E-state index contributed by atoms with van der Waals surface area (Å²) in [5.41, 5.74) is 4.39. The second kappa shape index (κ2) is 5.59. The van der Waals surface area contributed by atoms with Crippen molar-refractivity contribution in [3.63, 3.8) is 0 Å². The first kappa shape index (κ1) is 15.6. The number of hydrogen-bond acceptors (Lipinski definition) is 5. The highest BCUT2D eigenvalue weighted by Gasteiger charge is 2.22. The van der Waals surface area contributed by atoms with E-state index in [2.05, 4.69) is 15.5 Å². The van der Waals surface area contributed by atoms with Gasteiger partial charge in [-0.05, 0) is 24.6 Å². The second-order valence-corrected chi connectivity index (χ2v) is 6.45. The minimum Gasteiger partial charge on any atom is -0.297 e. The molecule has 1 N–H and O–H groups in total. The van der Waals surface area contributed by atoms with Gasteiger partial charge in [-0.1, -0.05) is 23.7 Å². The number of halogens is 1. The van der Waals surface area contributed by atoms with Gasteiger partial charge in [0.1, 0.15) is 0 Å². The molecule has 0 amide bonds. The van der Waals surface area contributed by atoms with Gasteiger partial charge < -0.3 is 0 Å². The molecule has 9 heteroatoms. The molecule has 1 aliphatic rings. The van der Waals surface area contributed by atoms with E-state index in [0.29, 0.717) is 28.7 Å². The highest BCUT2D eigenvalue weighted by atomic mass is 35.5. The maximum absolute atomic E-state index is 13.0. The van der Waals surface area contributed by atoms with Gasteiger partial charge >= 0.3 is 5.69 Å². The number of hydrazone groups is 1. The topological polar surface area (TPSA) is 86.2 Å². The lowest BCUT2D eigenvalue weighted by atomic mass is 10.2. The highest BCUT2D eigenvalue weighted by molar-refractivity contribution is 6.30. The number of benzene rings is 1. The van der Waals surface area contributed by atoms with E-state index < -0.39 is 5.69 Å². The lowest BCUT2D eigenvalue weighted by Crippen LogP contribution is -2.40. The Morgan fingerprint density at radius 3 is 2.68 bits per heavy atom. The van der Waals surface area contributed by atoms with Crippen molar-refractivity contribution in [1.82, 2.24) is 18.7 Å². The molecule has 0 saturated heterocycles. The van der Waals surface area contributed by atoms with Crippen LogP contribution < -0.4 is 16.7 Å². The lowest BCUT2D eigenvalue weighted by Gasteiger charge is -2.14. The van der Waals surface area contributed by atoms with Gasteiger partial charge in [0.25, 0.3) is 5.56 Å². The van der Waals surface area contributed by atoms with Gasteiger partial charge in [0.2, 0.25) is 5.95 Å². The molecule has 128 valence electrons. The van der Waals surface area contributed by atoms with Gasteiger partial charge in [0.15, 0.2) is 11.2 Å². The molecule has 1 aliphatic heterocycles. The van der Waals surface area contributed by atoms with Gasteiger partial charge in [0, 0.05) is 12.1 Å². The Morgan fingerprint density at radius 1 is 1.24 bits per heavy atom. The van der Waals surface area contributed by atoms with Crippen molar-refractivity contribution in [1.29, 1.82) is 0 Å². The Labute approximate surface area is 147 Å². The third-order valence-electron chi connectivity index (χ3n) is 4.22. The number of nitrogens with zero attached hydrogens (tertiary/aromatic N) is 5. The molecule has 25 heavy (non-hydrogen) atoms. The van der Waals surface area contributed by atoms with Crippen LogP contribution in [0.15, 0.2) is 39.0 Å². The first-order valence-electron chi connectivity index (χ1n) is 7.69. The molecule has 3 heterocycles. The third-order valence-corrected chi connectivity index (χ3v) is 4.47. The van der Waals surface area contributed by atoms with Crippen molar-refractivity contribution in [3.8, 4) is 0 Å². The van der Waals surface area contributed by atoms with Crippen LogP contribution in [0.4, 0.5) is 5.95 Å². The van der Waals surface area contributed by atoms with Crippen molar-refractivity contribution in [2.24, 2.45) is 12.1 Å². The summed E-state index contributed by atoms with van der Waals surface area (Å²) in [5, 5.41) is 4.72. The Hall–Kier alpha value is -2.87. The maximum atomic E-state index is 13.0. The van der Waals surface area contributed by atoms with Crippen LogP contribution >= 0.6 is 11.6 Å². The summed E-state index contributed by atoms with van der Waals surface area (Å²) < 4.78 is 4.34. The van der Waals surface area contributed by atoms with Crippen LogP contribution in [0, 0.1) is 0 Å². The number of imidazole rings is 1. The second-order valence-electron chi connectivity index (χ2n) is 6.01. The zero-order valence-corrected chi connectivity index (χ0v) is 14.4. The van der Waals surface area contributed by atoms with Crippen molar-refractivity contribution >= 4 is 34.4 Å². The summed E-state index contributed by atoms with van der Waals surface area (Å²) >= 11 is 5.89. The summed E-state index contributed by atoms with van der Waals surface area (Å²) in [7, 11) is 1.61. The Kier molecular flexibility index (Phi) is 3.50. The average Bonchev–Trinajstić information content (AvgIpc) is 2.97. The van der Waals surface area contributed by atoms with Crippen molar-refractivity contribution in [3.05, 3.63) is 55.7 Å². The molecule has 0 aliphatic carbocycles. The molecule has 4 rings (SSSR count). The van der Waals surface area contributed by atoms with Crippen LogP contribution in [0.1, 0.15) is 12.5 Å². The van der Waals surface area contributed by atoms with E-state index in [1.54, 1.807) is 35.9 Å². The zero-order chi connectivity index (χ0) is 17.7. The Morgan fingerprint density at radius 2 is 1.96 bits per heavy atom. The van der Waals surface area contributed by atoms with Crippen LogP contribution in [0.25, 0.3) is 11.2 Å². The van der Waals surface area contributed by atoms with E-state index >= 15 is 0 Å². The molecule has 2 aromatic heterocycles. The number of aromatic nitrogens is 4. The molecule has 3 aromatic rings. The largest absolute Gasteiger partial charge is 0.332 e. The maximum Gasteiger partial charge on any atom is 0.332 e. The molecule has 0 spiro atoms. The van der Waals surface area contributed by atoms with Gasteiger partial charge in [-0.15, -0.1) is 0 Å². The fraction of sp³-hybridized carbons (Fsp3) is 0.250. The molecule has 0 fully saturated rings. The normalized spacial score (nSPS) is 13.5. The number of anilines is 1. The van der Waals surface area contributed by atoms with Gasteiger partial charge in [-0.3, -0.25) is 18.5 Å². The van der Waals surface area contributed by atoms with E-state index in [0.717, 1.165) is 11.3 Å². The van der Waals surface area contributed by atoms with Crippen LogP contribution in [0.5, 0.6) is 0 Å². The SMILES string of the molecule is CC1=NNc2nc3c(c(=O)n(Cc4ccc(Cl)cc4)c(=O)n3C)n2C1. The first-order valence-corrected chi connectivity index (χ1v) is 8.07. The van der Waals surface area contributed by atoms with Crippen LogP contribution in [0.3, 0.4) is 0 Å². The summed E-state index contributed by atoms with van der Waals surface area (Å²) in [6.45, 7) is 2.48. The molecular weight excluding hydrogens is 344 g/mol. The average molecular weight is 359 g/mol. The molecule has 1 aromatic carbocycles. The van der Waals surface area contributed by atoms with Crippen LogP contribution in [0.2, 0.25) is 5.02 Å². The molecule has 0 radical (unpaired) electrons. The number of nitrogens with one attached hydrogen (secondary N) is 1. The van der Waals surface area contributed by atoms with Gasteiger partial charge in [-0.25, -0.2) is 10.2 Å². The van der Waals surface area contributed by atoms with E-state index in [1.807, 2.05) is 6.92 Å². The summed E-state index contributed by atoms with van der Waals surface area (Å²) in [6, 6.07) is 7.05. The van der Waals surface area contributed by atoms with Gasteiger partial charge in [0.05, 0.1) is 18.8 Å². The number of hydrogen-bond donors (Lipinski definition) is 1. The fourth-order valence-electron chi connectivity index (χ4n) is 2.93. The smallest absolute Gasteiger partial charge is 0.297 e. The summed E-state index contributed by atoms with van der Waals surface area (Å²) in [4.78, 5) is 30.0. The molecular formula is C16H15ClN6O2. The molecule has 0 atom stereocenters. The molecule has 0 unspecified atom stereocenters. The Balaban J connectivity index is 1.94. The molecule has 8 nitrogen and oxygen atoms in total. The number of aryl methyl sites for hydroxylation is 1. The molecule has 0 bridgehead atoms. The predicted molar refractivity (Wildman–Crippen MR) is 96.5 cm³/mol. The van der Waals surface area contributed by atoms with E-state index in [1.165, 1.54) is 9.13 Å². The monoisotopic (exact) mass is 358 g/mol. The van der Waals surface area contributed by atoms with E-state index in [4.69, 9.17) is 11.6 Å². The van der Waals surface area contributed by atoms with Crippen molar-refractivity contribution in [2.75, 3.05) is 5.43 Å². The van der Waals surface area contributed by atoms with E-state index in [9.17, 15) is 9.59 Å². The predicted octanol–water partition coefficient (Wildman–Crippen LogP) is 1.40. The van der Waals surface area contributed by atoms with Gasteiger partial charge in [-0.2, -0.15) is 10.1 Å². The van der Waals surface area contributed by atoms with Crippen LogP contribution in [-0.2, 0) is 20.1 Å².